The molecule has 0 saturated carbocycles. The van der Waals surface area contributed by atoms with Crippen LogP contribution in [0.15, 0.2) is 36.5 Å². The van der Waals surface area contributed by atoms with Crippen molar-refractivity contribution < 1.29 is 14.3 Å². The van der Waals surface area contributed by atoms with Crippen LogP contribution in [0, 0.1) is 5.41 Å². The molecule has 5 heteroatoms. The van der Waals surface area contributed by atoms with Gasteiger partial charge in [-0.1, -0.05) is 39.0 Å². The summed E-state index contributed by atoms with van der Waals surface area (Å²) in [6, 6.07) is 6.61. The lowest BCUT2D eigenvalue weighted by Gasteiger charge is -2.11. The largest absolute Gasteiger partial charge is 0.465 e. The number of amides is 2. The molecule has 0 atom stereocenters. The maximum Gasteiger partial charge on any atom is 0.337 e. The summed E-state index contributed by atoms with van der Waals surface area (Å²) in [6.45, 7) is 6.53. The molecule has 0 saturated heterocycles. The second-order valence-corrected chi connectivity index (χ2v) is 5.71. The summed E-state index contributed by atoms with van der Waals surface area (Å²) in [5.74, 6) is -0.375. The van der Waals surface area contributed by atoms with Gasteiger partial charge in [0.2, 0.25) is 0 Å². The maximum atomic E-state index is 11.6. The lowest BCUT2D eigenvalue weighted by molar-refractivity contribution is 0.0600. The summed E-state index contributed by atoms with van der Waals surface area (Å²) < 4.78 is 4.62. The molecule has 114 valence electrons. The Morgan fingerprint density at radius 1 is 1.19 bits per heavy atom. The third-order valence-electron chi connectivity index (χ3n) is 2.63. The van der Waals surface area contributed by atoms with Crippen LogP contribution in [0.25, 0.3) is 0 Å². The van der Waals surface area contributed by atoms with E-state index in [1.54, 1.807) is 30.5 Å². The molecule has 0 fully saturated rings. The fraction of sp³-hybridized carbons (Fsp3) is 0.375. The molecule has 21 heavy (non-hydrogen) atoms. The van der Waals surface area contributed by atoms with Crippen LogP contribution in [0.1, 0.15) is 36.7 Å². The Labute approximate surface area is 125 Å². The zero-order valence-electron chi connectivity index (χ0n) is 12.9. The Kier molecular flexibility index (Phi) is 5.96. The molecule has 1 rings (SSSR count). The molecule has 0 aliphatic heterocycles. The van der Waals surface area contributed by atoms with Crippen molar-refractivity contribution in [2.24, 2.45) is 5.41 Å². The molecule has 5 nitrogen and oxygen atoms in total. The zero-order valence-corrected chi connectivity index (χ0v) is 12.9. The average Bonchev–Trinajstić information content (AvgIpc) is 2.43. The van der Waals surface area contributed by atoms with Crippen LogP contribution in [0.5, 0.6) is 0 Å². The third kappa shape index (κ3) is 6.61. The van der Waals surface area contributed by atoms with E-state index < -0.39 is 0 Å². The van der Waals surface area contributed by atoms with E-state index in [0.717, 1.165) is 5.56 Å². The van der Waals surface area contributed by atoms with Crippen LogP contribution in [0.3, 0.4) is 0 Å². The first kappa shape index (κ1) is 16.8. The number of esters is 1. The molecule has 2 amide bonds. The number of benzene rings is 1. The van der Waals surface area contributed by atoms with Gasteiger partial charge in [-0.05, 0) is 23.1 Å². The van der Waals surface area contributed by atoms with Crippen molar-refractivity contribution in [1.82, 2.24) is 10.6 Å². The smallest absolute Gasteiger partial charge is 0.337 e. The lowest BCUT2D eigenvalue weighted by Crippen LogP contribution is -2.31. The van der Waals surface area contributed by atoms with Gasteiger partial charge in [0.25, 0.3) is 0 Å². The molecule has 0 heterocycles. The Morgan fingerprint density at radius 2 is 1.81 bits per heavy atom. The summed E-state index contributed by atoms with van der Waals surface area (Å²) in [5, 5.41) is 5.37. The molecule has 0 radical (unpaired) electrons. The van der Waals surface area contributed by atoms with Crippen LogP contribution in [-0.4, -0.2) is 19.1 Å². The number of allylic oxidation sites excluding steroid dienone is 1. The highest BCUT2D eigenvalue weighted by molar-refractivity contribution is 5.89. The van der Waals surface area contributed by atoms with Gasteiger partial charge in [-0.25, -0.2) is 9.59 Å². The van der Waals surface area contributed by atoms with Gasteiger partial charge in [-0.2, -0.15) is 0 Å². The minimum atomic E-state index is -0.375. The zero-order chi connectivity index (χ0) is 15.9. The Hall–Kier alpha value is -2.30. The summed E-state index contributed by atoms with van der Waals surface area (Å²) >= 11 is 0. The van der Waals surface area contributed by atoms with E-state index in [-0.39, 0.29) is 17.4 Å². The van der Waals surface area contributed by atoms with Gasteiger partial charge in [0.15, 0.2) is 0 Å². The van der Waals surface area contributed by atoms with E-state index in [4.69, 9.17) is 0 Å². The van der Waals surface area contributed by atoms with Crippen molar-refractivity contribution in [2.45, 2.75) is 27.3 Å². The fourth-order valence-corrected chi connectivity index (χ4v) is 1.48. The number of urea groups is 1. The summed E-state index contributed by atoms with van der Waals surface area (Å²) in [6.07, 6.45) is 3.55. The van der Waals surface area contributed by atoms with E-state index >= 15 is 0 Å². The van der Waals surface area contributed by atoms with Crippen molar-refractivity contribution in [2.75, 3.05) is 7.11 Å². The summed E-state index contributed by atoms with van der Waals surface area (Å²) in [7, 11) is 1.34. The van der Waals surface area contributed by atoms with Crippen molar-refractivity contribution in [1.29, 1.82) is 0 Å². The molecule has 2 N–H and O–H groups in total. The molecule has 0 unspecified atom stereocenters. The van der Waals surface area contributed by atoms with Gasteiger partial charge in [0.05, 0.1) is 12.7 Å². The monoisotopic (exact) mass is 290 g/mol. The third-order valence-corrected chi connectivity index (χ3v) is 2.63. The number of nitrogens with one attached hydrogen (secondary N) is 2. The first-order valence-corrected chi connectivity index (χ1v) is 6.71. The molecule has 0 aliphatic carbocycles. The highest BCUT2D eigenvalue weighted by Gasteiger charge is 2.06. The van der Waals surface area contributed by atoms with Crippen molar-refractivity contribution in [3.63, 3.8) is 0 Å². The predicted octanol–water partition coefficient (Wildman–Crippen LogP) is 2.83. The molecular weight excluding hydrogens is 268 g/mol. The molecule has 0 spiro atoms. The normalized spacial score (nSPS) is 11.2. The number of carbonyl (C=O) groups excluding carboxylic acids is 2. The highest BCUT2D eigenvalue weighted by Crippen LogP contribution is 2.13. The van der Waals surface area contributed by atoms with Gasteiger partial charge in [-0.15, -0.1) is 0 Å². The predicted molar refractivity (Wildman–Crippen MR) is 81.7 cm³/mol. The van der Waals surface area contributed by atoms with Gasteiger partial charge in [0, 0.05) is 12.7 Å². The lowest BCUT2D eigenvalue weighted by atomic mass is 9.97. The minimum Gasteiger partial charge on any atom is -0.465 e. The highest BCUT2D eigenvalue weighted by atomic mass is 16.5. The molecule has 0 bridgehead atoms. The van der Waals surface area contributed by atoms with Crippen LogP contribution < -0.4 is 10.6 Å². The number of hydrogen-bond donors (Lipinski definition) is 2. The molecule has 0 aromatic heterocycles. The first-order chi connectivity index (χ1) is 9.81. The van der Waals surface area contributed by atoms with Crippen LogP contribution >= 0.6 is 0 Å². The van der Waals surface area contributed by atoms with Crippen LogP contribution in [0.2, 0.25) is 0 Å². The average molecular weight is 290 g/mol. The van der Waals surface area contributed by atoms with Crippen LogP contribution in [0.4, 0.5) is 4.79 Å². The SMILES string of the molecule is COC(=O)c1ccc(CNC(=O)N/C=C/C(C)(C)C)cc1. The molecular formula is C16H22N2O3. The second kappa shape index (κ2) is 7.47. The summed E-state index contributed by atoms with van der Waals surface area (Å²) in [5.41, 5.74) is 1.41. The van der Waals surface area contributed by atoms with E-state index in [1.807, 2.05) is 26.8 Å². The van der Waals surface area contributed by atoms with Crippen molar-refractivity contribution >= 4 is 12.0 Å². The maximum absolute atomic E-state index is 11.6. The second-order valence-electron chi connectivity index (χ2n) is 5.71. The Morgan fingerprint density at radius 3 is 2.33 bits per heavy atom. The van der Waals surface area contributed by atoms with E-state index in [9.17, 15) is 9.59 Å². The molecule has 0 aliphatic rings. The van der Waals surface area contributed by atoms with Gasteiger partial charge >= 0.3 is 12.0 Å². The van der Waals surface area contributed by atoms with E-state index in [0.29, 0.717) is 12.1 Å². The Bertz CT molecular complexity index is 513. The first-order valence-electron chi connectivity index (χ1n) is 6.71. The topological polar surface area (TPSA) is 67.4 Å². The number of ether oxygens (including phenoxy) is 1. The molecule has 1 aromatic rings. The number of carbonyl (C=O) groups is 2. The van der Waals surface area contributed by atoms with E-state index in [1.165, 1.54) is 7.11 Å². The van der Waals surface area contributed by atoms with Gasteiger partial charge in [0.1, 0.15) is 0 Å². The van der Waals surface area contributed by atoms with Crippen molar-refractivity contribution in [3.05, 3.63) is 47.7 Å². The number of methoxy groups -OCH3 is 1. The van der Waals surface area contributed by atoms with Gasteiger partial charge in [-0.3, -0.25) is 0 Å². The molecule has 1 aromatic carbocycles. The standard InChI is InChI=1S/C16H22N2O3/c1-16(2,3)9-10-17-15(20)18-11-12-5-7-13(8-6-12)14(19)21-4/h5-10H,11H2,1-4H3,(H2,17,18,20)/b10-9+. The van der Waals surface area contributed by atoms with E-state index in [2.05, 4.69) is 15.4 Å². The minimum absolute atomic E-state index is 0.0248. The quantitative estimate of drug-likeness (QED) is 0.838. The number of hydrogen-bond acceptors (Lipinski definition) is 3. The summed E-state index contributed by atoms with van der Waals surface area (Å²) in [4.78, 5) is 22.9. The number of rotatable bonds is 4. The van der Waals surface area contributed by atoms with Gasteiger partial charge < -0.3 is 15.4 Å². The Balaban J connectivity index is 2.43. The van der Waals surface area contributed by atoms with Crippen molar-refractivity contribution in [3.8, 4) is 0 Å². The fourth-order valence-electron chi connectivity index (χ4n) is 1.48. The van der Waals surface area contributed by atoms with Crippen LogP contribution in [-0.2, 0) is 11.3 Å².